The van der Waals surface area contributed by atoms with E-state index >= 15 is 0 Å². The maximum Gasteiger partial charge on any atom is 0.243 e. The van der Waals surface area contributed by atoms with Crippen molar-refractivity contribution in [1.29, 1.82) is 5.26 Å². The maximum absolute atomic E-state index is 12.3. The lowest BCUT2D eigenvalue weighted by molar-refractivity contribution is -0.138. The molecule has 16 heavy (non-hydrogen) atoms. The van der Waals surface area contributed by atoms with E-state index in [1.165, 1.54) is 0 Å². The molecule has 3 nitrogen and oxygen atoms in total. The maximum atomic E-state index is 12.3. The number of nitriles is 1. The van der Waals surface area contributed by atoms with E-state index in [1.807, 2.05) is 6.92 Å². The fourth-order valence-electron chi connectivity index (χ4n) is 2.36. The minimum absolute atomic E-state index is 0.00856. The summed E-state index contributed by atoms with van der Waals surface area (Å²) in [4.78, 5) is 14.1. The molecule has 0 bridgehead atoms. The monoisotopic (exact) mass is 220 g/mol. The third kappa shape index (κ3) is 2.44. The molecule has 0 spiro atoms. The van der Waals surface area contributed by atoms with E-state index in [-0.39, 0.29) is 5.91 Å². The molecule has 1 aliphatic rings. The second-order valence-electron chi connectivity index (χ2n) is 4.44. The summed E-state index contributed by atoms with van der Waals surface area (Å²) in [5.41, 5.74) is -0.738. The van der Waals surface area contributed by atoms with Crippen LogP contribution in [0.3, 0.4) is 0 Å². The first-order chi connectivity index (χ1) is 7.70. The van der Waals surface area contributed by atoms with Crippen molar-refractivity contribution >= 4 is 5.91 Å². The van der Waals surface area contributed by atoms with Crippen molar-refractivity contribution in [3.8, 4) is 6.07 Å². The smallest absolute Gasteiger partial charge is 0.243 e. The van der Waals surface area contributed by atoms with Gasteiger partial charge in [-0.05, 0) is 19.3 Å². The number of carbonyl (C=O) groups is 1. The average Bonchev–Trinajstić information content (AvgIpc) is 2.77. The van der Waals surface area contributed by atoms with Gasteiger partial charge in [-0.25, -0.2) is 0 Å². The summed E-state index contributed by atoms with van der Waals surface area (Å²) in [6, 6.07) is 2.25. The van der Waals surface area contributed by atoms with Crippen LogP contribution >= 0.6 is 0 Å². The molecule has 0 aliphatic heterocycles. The standard InChI is InChI=1S/C13H20N2O/c1-3-9-15(10-4-2)12(16)13(11-14)7-5-6-8-13/h3H,1,4-10H2,2H3. The molecule has 0 heterocycles. The van der Waals surface area contributed by atoms with Crippen molar-refractivity contribution in [2.24, 2.45) is 5.41 Å². The van der Waals surface area contributed by atoms with Gasteiger partial charge in [0.05, 0.1) is 6.07 Å². The molecule has 0 unspecified atom stereocenters. The van der Waals surface area contributed by atoms with Gasteiger partial charge in [-0.15, -0.1) is 6.58 Å². The number of rotatable bonds is 5. The molecule has 1 saturated carbocycles. The quantitative estimate of drug-likeness (QED) is 0.668. The van der Waals surface area contributed by atoms with Crippen LogP contribution in [0.5, 0.6) is 0 Å². The van der Waals surface area contributed by atoms with Crippen LogP contribution in [0, 0.1) is 16.7 Å². The molecule has 0 radical (unpaired) electrons. The molecule has 0 aromatic rings. The Balaban J connectivity index is 2.79. The lowest BCUT2D eigenvalue weighted by Crippen LogP contribution is -2.42. The summed E-state index contributed by atoms with van der Waals surface area (Å²) in [7, 11) is 0. The van der Waals surface area contributed by atoms with Crippen molar-refractivity contribution in [3.05, 3.63) is 12.7 Å². The molecule has 1 amide bonds. The Hall–Kier alpha value is -1.30. The van der Waals surface area contributed by atoms with Crippen molar-refractivity contribution in [1.82, 2.24) is 4.90 Å². The molecular formula is C13H20N2O. The van der Waals surface area contributed by atoms with Gasteiger partial charge in [0.25, 0.3) is 0 Å². The Morgan fingerprint density at radius 3 is 2.62 bits per heavy atom. The number of hydrogen-bond donors (Lipinski definition) is 0. The molecule has 0 aromatic carbocycles. The molecule has 0 atom stereocenters. The van der Waals surface area contributed by atoms with Gasteiger partial charge in [0.15, 0.2) is 0 Å². The largest absolute Gasteiger partial charge is 0.338 e. The van der Waals surface area contributed by atoms with Gasteiger partial charge in [0, 0.05) is 13.1 Å². The zero-order valence-electron chi connectivity index (χ0n) is 10.0. The summed E-state index contributed by atoms with van der Waals surface area (Å²) in [5.74, 6) is 0.00856. The first-order valence-corrected chi connectivity index (χ1v) is 6.01. The summed E-state index contributed by atoms with van der Waals surface area (Å²) >= 11 is 0. The number of carbonyl (C=O) groups excluding carboxylic acids is 1. The zero-order valence-corrected chi connectivity index (χ0v) is 10.0. The van der Waals surface area contributed by atoms with E-state index in [2.05, 4.69) is 12.6 Å². The first-order valence-electron chi connectivity index (χ1n) is 6.01. The molecule has 1 rings (SSSR count). The predicted molar refractivity (Wildman–Crippen MR) is 63.6 cm³/mol. The Labute approximate surface area is 97.7 Å². The van der Waals surface area contributed by atoms with Gasteiger partial charge in [0.1, 0.15) is 5.41 Å². The molecule has 0 aromatic heterocycles. The van der Waals surface area contributed by atoms with Gasteiger partial charge < -0.3 is 4.90 Å². The van der Waals surface area contributed by atoms with E-state index in [4.69, 9.17) is 0 Å². The Morgan fingerprint density at radius 1 is 1.56 bits per heavy atom. The number of amides is 1. The average molecular weight is 220 g/mol. The fourth-order valence-corrected chi connectivity index (χ4v) is 2.36. The van der Waals surface area contributed by atoms with Gasteiger partial charge in [-0.3, -0.25) is 4.79 Å². The van der Waals surface area contributed by atoms with Crippen molar-refractivity contribution in [2.75, 3.05) is 13.1 Å². The Bertz CT molecular complexity index is 298. The molecule has 0 N–H and O–H groups in total. The van der Waals surface area contributed by atoms with Crippen LogP contribution in [-0.2, 0) is 4.79 Å². The first kappa shape index (κ1) is 12.8. The highest BCUT2D eigenvalue weighted by molar-refractivity contribution is 5.86. The van der Waals surface area contributed by atoms with Gasteiger partial charge in [-0.1, -0.05) is 25.8 Å². The van der Waals surface area contributed by atoms with Crippen molar-refractivity contribution in [3.63, 3.8) is 0 Å². The van der Waals surface area contributed by atoms with Crippen LogP contribution in [0.4, 0.5) is 0 Å². The van der Waals surface area contributed by atoms with Crippen LogP contribution in [0.2, 0.25) is 0 Å². The van der Waals surface area contributed by atoms with Crippen LogP contribution < -0.4 is 0 Å². The zero-order chi connectivity index (χ0) is 12.0. The molecule has 1 aliphatic carbocycles. The summed E-state index contributed by atoms with van der Waals surface area (Å²) in [5, 5.41) is 9.25. The summed E-state index contributed by atoms with van der Waals surface area (Å²) in [6.45, 7) is 6.97. The summed E-state index contributed by atoms with van der Waals surface area (Å²) < 4.78 is 0. The second kappa shape index (κ2) is 5.69. The Kier molecular flexibility index (Phi) is 4.54. The highest BCUT2D eigenvalue weighted by Crippen LogP contribution is 2.39. The van der Waals surface area contributed by atoms with Crippen molar-refractivity contribution < 1.29 is 4.79 Å². The lowest BCUT2D eigenvalue weighted by Gasteiger charge is -2.28. The van der Waals surface area contributed by atoms with Gasteiger partial charge in [0.2, 0.25) is 5.91 Å². The van der Waals surface area contributed by atoms with Crippen LogP contribution in [0.1, 0.15) is 39.0 Å². The molecule has 3 heteroatoms. The van der Waals surface area contributed by atoms with Crippen LogP contribution in [-0.4, -0.2) is 23.9 Å². The van der Waals surface area contributed by atoms with E-state index in [1.54, 1.807) is 11.0 Å². The van der Waals surface area contributed by atoms with E-state index in [0.717, 1.165) is 32.1 Å². The molecule has 1 fully saturated rings. The van der Waals surface area contributed by atoms with Crippen molar-refractivity contribution in [2.45, 2.75) is 39.0 Å². The molecule has 0 saturated heterocycles. The van der Waals surface area contributed by atoms with E-state index in [0.29, 0.717) is 13.1 Å². The third-order valence-corrected chi connectivity index (χ3v) is 3.21. The number of nitrogens with zero attached hydrogens (tertiary/aromatic N) is 2. The van der Waals surface area contributed by atoms with Crippen LogP contribution in [0.15, 0.2) is 12.7 Å². The van der Waals surface area contributed by atoms with Gasteiger partial charge in [-0.2, -0.15) is 5.26 Å². The normalized spacial score (nSPS) is 17.8. The van der Waals surface area contributed by atoms with Crippen LogP contribution in [0.25, 0.3) is 0 Å². The van der Waals surface area contributed by atoms with E-state index in [9.17, 15) is 10.1 Å². The fraction of sp³-hybridized carbons (Fsp3) is 0.692. The minimum atomic E-state index is -0.738. The minimum Gasteiger partial charge on any atom is -0.338 e. The van der Waals surface area contributed by atoms with E-state index < -0.39 is 5.41 Å². The highest BCUT2D eigenvalue weighted by atomic mass is 16.2. The lowest BCUT2D eigenvalue weighted by atomic mass is 9.86. The topological polar surface area (TPSA) is 44.1 Å². The predicted octanol–water partition coefficient (Wildman–Crippen LogP) is 2.49. The SMILES string of the molecule is C=CCN(CCC)C(=O)C1(C#N)CCCC1. The second-order valence-corrected chi connectivity index (χ2v) is 4.44. The molecule has 88 valence electrons. The third-order valence-electron chi connectivity index (χ3n) is 3.21. The van der Waals surface area contributed by atoms with Gasteiger partial charge >= 0.3 is 0 Å². The summed E-state index contributed by atoms with van der Waals surface area (Å²) in [6.07, 6.45) is 6.08. The number of hydrogen-bond acceptors (Lipinski definition) is 2. The Morgan fingerprint density at radius 2 is 2.19 bits per heavy atom. The highest BCUT2D eigenvalue weighted by Gasteiger charge is 2.43. The molecular weight excluding hydrogens is 200 g/mol.